The van der Waals surface area contributed by atoms with Crippen LogP contribution in [-0.2, 0) is 19.1 Å². The number of carbonyl (C=O) groups is 2. The molecule has 0 unspecified atom stereocenters. The maximum Gasteiger partial charge on any atom is 0.338 e. The molecule has 0 amide bonds. The molecule has 0 aliphatic heterocycles. The van der Waals surface area contributed by atoms with Crippen LogP contribution in [0.3, 0.4) is 0 Å². The molecule has 0 fully saturated rings. The predicted octanol–water partition coefficient (Wildman–Crippen LogP) is 6.69. The molecule has 0 heterocycles. The van der Waals surface area contributed by atoms with Gasteiger partial charge in [0.25, 0.3) is 0 Å². The van der Waals surface area contributed by atoms with Crippen molar-refractivity contribution in [3.8, 4) is 0 Å². The fourth-order valence-corrected chi connectivity index (χ4v) is 2.66. The number of esters is 2. The van der Waals surface area contributed by atoms with Crippen LogP contribution in [0.5, 0.6) is 0 Å². The van der Waals surface area contributed by atoms with E-state index in [4.69, 9.17) is 9.47 Å². The van der Waals surface area contributed by atoms with E-state index in [9.17, 15) is 9.59 Å². The van der Waals surface area contributed by atoms with Crippen LogP contribution >= 0.6 is 0 Å². The van der Waals surface area contributed by atoms with Gasteiger partial charge in [-0.25, -0.2) is 9.59 Å². The summed E-state index contributed by atoms with van der Waals surface area (Å²) in [7, 11) is 0. The van der Waals surface area contributed by atoms with Crippen molar-refractivity contribution in [1.82, 2.24) is 0 Å². The first-order chi connectivity index (χ1) is 13.6. The van der Waals surface area contributed by atoms with Gasteiger partial charge >= 0.3 is 11.9 Å². The summed E-state index contributed by atoms with van der Waals surface area (Å²) < 4.78 is 10.9. The zero-order chi connectivity index (χ0) is 21.0. The summed E-state index contributed by atoms with van der Waals surface area (Å²) in [6, 6.07) is 0. The smallest absolute Gasteiger partial charge is 0.338 e. The fraction of sp³-hybridized carbons (Fsp3) is 0.750. The number of unbranched alkanes of at least 4 members (excludes halogenated alkanes) is 8. The maximum absolute atomic E-state index is 12.7. The third-order valence-electron chi connectivity index (χ3n) is 4.50. The minimum Gasteiger partial charge on any atom is -0.462 e. The van der Waals surface area contributed by atoms with Crippen molar-refractivity contribution >= 4 is 11.9 Å². The number of hydrogen-bond acceptors (Lipinski definition) is 4. The Hall–Kier alpha value is -1.58. The second-order valence-electron chi connectivity index (χ2n) is 7.21. The van der Waals surface area contributed by atoms with E-state index in [1.54, 1.807) is 0 Å². The lowest BCUT2D eigenvalue weighted by Crippen LogP contribution is -2.18. The average molecular weight is 395 g/mol. The molecule has 0 N–H and O–H groups in total. The normalized spacial score (nSPS) is 12.1. The average Bonchev–Trinajstić information content (AvgIpc) is 2.69. The molecule has 28 heavy (non-hydrogen) atoms. The van der Waals surface area contributed by atoms with Crippen LogP contribution in [0, 0.1) is 0 Å². The van der Waals surface area contributed by atoms with Crippen LogP contribution in [0.2, 0.25) is 0 Å². The van der Waals surface area contributed by atoms with Crippen LogP contribution < -0.4 is 0 Å². The first-order valence-electron chi connectivity index (χ1n) is 11.4. The Labute approximate surface area is 172 Å². The Morgan fingerprint density at radius 2 is 0.929 bits per heavy atom. The van der Waals surface area contributed by atoms with Gasteiger partial charge in [0.15, 0.2) is 0 Å². The lowest BCUT2D eigenvalue weighted by molar-refractivity contribution is -0.142. The van der Waals surface area contributed by atoms with E-state index < -0.39 is 11.9 Å². The third kappa shape index (κ3) is 12.7. The third-order valence-corrected chi connectivity index (χ3v) is 4.50. The van der Waals surface area contributed by atoms with Crippen molar-refractivity contribution < 1.29 is 19.1 Å². The van der Waals surface area contributed by atoms with E-state index in [1.807, 2.05) is 12.2 Å². The summed E-state index contributed by atoms with van der Waals surface area (Å²) in [5.41, 5.74) is 0.760. The molecule has 4 heteroatoms. The van der Waals surface area contributed by atoms with Gasteiger partial charge in [-0.1, -0.05) is 78.4 Å². The Morgan fingerprint density at radius 3 is 1.25 bits per heavy atom. The highest BCUT2D eigenvalue weighted by atomic mass is 16.5. The first-order valence-corrected chi connectivity index (χ1v) is 11.4. The Balaban J connectivity index is 5.42. The van der Waals surface area contributed by atoms with Gasteiger partial charge < -0.3 is 9.47 Å². The molecule has 0 aliphatic carbocycles. The topological polar surface area (TPSA) is 52.6 Å². The van der Waals surface area contributed by atoms with Gasteiger partial charge in [0, 0.05) is 0 Å². The monoisotopic (exact) mass is 394 g/mol. The van der Waals surface area contributed by atoms with Gasteiger partial charge in [-0.15, -0.1) is 0 Å². The summed E-state index contributed by atoms with van der Waals surface area (Å²) in [5.74, 6) is -0.807. The molecular formula is C24H42O4. The second-order valence-corrected chi connectivity index (χ2v) is 7.21. The number of rotatable bonds is 17. The number of ether oxygens (including phenoxy) is 2. The SMILES string of the molecule is CCCCCC=C(C(=O)OCCCC)C(=CCCCCC)C(=O)OCCCC. The molecule has 4 nitrogen and oxygen atoms in total. The van der Waals surface area contributed by atoms with Gasteiger partial charge in [0.05, 0.1) is 24.4 Å². The predicted molar refractivity (Wildman–Crippen MR) is 116 cm³/mol. The summed E-state index contributed by atoms with van der Waals surface area (Å²) in [4.78, 5) is 25.4. The molecule has 0 saturated carbocycles. The van der Waals surface area contributed by atoms with Crippen LogP contribution in [0.25, 0.3) is 0 Å². The molecule has 0 aromatic carbocycles. The second kappa shape index (κ2) is 18.8. The fourth-order valence-electron chi connectivity index (χ4n) is 2.66. The standard InChI is InChI=1S/C24H42O4/c1-5-9-13-15-17-21(23(25)27-19-11-7-3)22(18-16-14-10-6-2)24(26)28-20-12-8-4/h17-18H,5-16,19-20H2,1-4H3. The Morgan fingerprint density at radius 1 is 0.571 bits per heavy atom. The van der Waals surface area contributed by atoms with E-state index >= 15 is 0 Å². The molecule has 0 aromatic heterocycles. The van der Waals surface area contributed by atoms with Crippen molar-refractivity contribution in [3.05, 3.63) is 23.3 Å². The highest BCUT2D eigenvalue weighted by molar-refractivity contribution is 6.07. The van der Waals surface area contributed by atoms with Crippen LogP contribution in [0.15, 0.2) is 23.3 Å². The zero-order valence-electron chi connectivity index (χ0n) is 18.7. The molecule has 0 aromatic rings. The van der Waals surface area contributed by atoms with Gasteiger partial charge in [0.2, 0.25) is 0 Å². The van der Waals surface area contributed by atoms with Crippen molar-refractivity contribution in [2.45, 2.75) is 105 Å². The van der Waals surface area contributed by atoms with Gasteiger partial charge in [-0.05, 0) is 38.5 Å². The minimum absolute atomic E-state index is 0.380. The van der Waals surface area contributed by atoms with E-state index in [0.717, 1.165) is 77.0 Å². The molecule has 0 aliphatic rings. The minimum atomic E-state index is -0.404. The summed E-state index contributed by atoms with van der Waals surface area (Å²) in [6.07, 6.45) is 15.3. The van der Waals surface area contributed by atoms with Crippen molar-refractivity contribution in [2.75, 3.05) is 13.2 Å². The zero-order valence-corrected chi connectivity index (χ0v) is 18.7. The highest BCUT2D eigenvalue weighted by Gasteiger charge is 2.23. The summed E-state index contributed by atoms with van der Waals surface area (Å²) in [6.45, 7) is 9.17. The van der Waals surface area contributed by atoms with E-state index in [0.29, 0.717) is 24.4 Å². The van der Waals surface area contributed by atoms with E-state index in [-0.39, 0.29) is 0 Å². The maximum atomic E-state index is 12.7. The Bertz CT molecular complexity index is 433. The van der Waals surface area contributed by atoms with Gasteiger partial charge in [-0.3, -0.25) is 0 Å². The van der Waals surface area contributed by atoms with E-state index in [1.165, 1.54) is 0 Å². The molecular weight excluding hydrogens is 352 g/mol. The number of allylic oxidation sites excluding steroid dienone is 2. The molecule has 0 spiro atoms. The van der Waals surface area contributed by atoms with Crippen molar-refractivity contribution in [1.29, 1.82) is 0 Å². The molecule has 0 saturated heterocycles. The molecule has 0 bridgehead atoms. The highest BCUT2D eigenvalue weighted by Crippen LogP contribution is 2.19. The summed E-state index contributed by atoms with van der Waals surface area (Å²) in [5, 5.41) is 0. The van der Waals surface area contributed by atoms with Gasteiger partial charge in [0.1, 0.15) is 0 Å². The van der Waals surface area contributed by atoms with E-state index in [2.05, 4.69) is 27.7 Å². The lowest BCUT2D eigenvalue weighted by atomic mass is 10.0. The summed E-state index contributed by atoms with van der Waals surface area (Å²) >= 11 is 0. The first kappa shape index (κ1) is 26.4. The molecule has 162 valence electrons. The quantitative estimate of drug-likeness (QED) is 0.119. The van der Waals surface area contributed by atoms with Gasteiger partial charge in [-0.2, -0.15) is 0 Å². The Kier molecular flexibility index (Phi) is 17.7. The van der Waals surface area contributed by atoms with Crippen LogP contribution in [0.4, 0.5) is 0 Å². The number of hydrogen-bond donors (Lipinski definition) is 0. The van der Waals surface area contributed by atoms with Crippen LogP contribution in [0.1, 0.15) is 105 Å². The molecule has 0 atom stereocenters. The molecule has 0 rings (SSSR count). The lowest BCUT2D eigenvalue weighted by Gasteiger charge is -2.13. The molecule has 0 radical (unpaired) electrons. The van der Waals surface area contributed by atoms with Crippen LogP contribution in [-0.4, -0.2) is 25.2 Å². The van der Waals surface area contributed by atoms with Crippen molar-refractivity contribution in [2.24, 2.45) is 0 Å². The largest absolute Gasteiger partial charge is 0.462 e. The number of carbonyl (C=O) groups excluding carboxylic acids is 2. The van der Waals surface area contributed by atoms with Crippen molar-refractivity contribution in [3.63, 3.8) is 0 Å².